The third-order valence-electron chi connectivity index (χ3n) is 7.89. The molecule has 1 fully saturated rings. The van der Waals surface area contributed by atoms with Crippen LogP contribution in [-0.4, -0.2) is 53.1 Å². The first kappa shape index (κ1) is 25.0. The van der Waals surface area contributed by atoms with E-state index in [4.69, 9.17) is 14.2 Å². The van der Waals surface area contributed by atoms with Gasteiger partial charge in [0.2, 0.25) is 0 Å². The molecular formula is C30H24O11. The molecule has 4 aromatic carbocycles. The third kappa shape index (κ3) is 3.66. The maximum atomic E-state index is 11.3. The summed E-state index contributed by atoms with van der Waals surface area (Å²) in [6.07, 6.45) is -2.97. The van der Waals surface area contributed by atoms with E-state index in [0.717, 1.165) is 12.1 Å². The maximum absolute atomic E-state index is 11.3. The largest absolute Gasteiger partial charge is 0.508 e. The first-order valence-electron chi connectivity index (χ1n) is 12.7. The lowest BCUT2D eigenvalue weighted by atomic mass is 9.79. The van der Waals surface area contributed by atoms with Gasteiger partial charge in [-0.3, -0.25) is 0 Å². The van der Waals surface area contributed by atoms with E-state index in [1.54, 1.807) is 12.1 Å². The minimum Gasteiger partial charge on any atom is -0.508 e. The summed E-state index contributed by atoms with van der Waals surface area (Å²) in [5, 5.41) is 83.9. The standard InChI is InChI=1S/C30H24O11/c31-14-4-1-12(2-5-14)27-22(38)10-16-18(34)11-21(37)25(28(16)39-27)26-24-20(36)8-15(32)9-23(24)40-30(29(26)41-30)13-3-6-17(33)19(35)7-13/h1-9,11,22,26-27,29,31-38H,10H2/t22-,26-,27-,29-,30-/m1/s1. The molecule has 8 N–H and O–H groups in total. The molecule has 5 atom stereocenters. The molecule has 0 spiro atoms. The van der Waals surface area contributed by atoms with E-state index in [1.165, 1.54) is 36.4 Å². The number of fused-ring (bicyclic) bond motifs is 3. The van der Waals surface area contributed by atoms with Crippen molar-refractivity contribution in [2.75, 3.05) is 0 Å². The van der Waals surface area contributed by atoms with Gasteiger partial charge in [0.25, 0.3) is 5.79 Å². The average molecular weight is 561 g/mol. The number of aliphatic hydroxyl groups excluding tert-OH is 1. The molecular weight excluding hydrogens is 536 g/mol. The Morgan fingerprint density at radius 3 is 2.15 bits per heavy atom. The lowest BCUT2D eigenvalue weighted by molar-refractivity contribution is 0.0186. The van der Waals surface area contributed by atoms with Crippen LogP contribution in [0.1, 0.15) is 39.8 Å². The zero-order valence-electron chi connectivity index (χ0n) is 21.1. The summed E-state index contributed by atoms with van der Waals surface area (Å²) in [5.74, 6) is -4.53. The zero-order chi connectivity index (χ0) is 28.8. The molecule has 0 aliphatic carbocycles. The molecule has 0 radical (unpaired) electrons. The highest BCUT2D eigenvalue weighted by atomic mass is 16.8. The van der Waals surface area contributed by atoms with Gasteiger partial charge in [0, 0.05) is 46.9 Å². The van der Waals surface area contributed by atoms with Crippen molar-refractivity contribution in [1.82, 2.24) is 0 Å². The van der Waals surface area contributed by atoms with Gasteiger partial charge in [-0.25, -0.2) is 0 Å². The lowest BCUT2D eigenvalue weighted by Gasteiger charge is -2.36. The van der Waals surface area contributed by atoms with Crippen LogP contribution in [0.2, 0.25) is 0 Å². The fraction of sp³-hybridized carbons (Fsp3) is 0.200. The molecule has 0 bridgehead atoms. The molecule has 3 heterocycles. The molecule has 11 heteroatoms. The van der Waals surface area contributed by atoms with Crippen molar-refractivity contribution in [3.8, 4) is 51.7 Å². The number of phenols is 7. The van der Waals surface area contributed by atoms with Crippen molar-refractivity contribution >= 4 is 0 Å². The van der Waals surface area contributed by atoms with Crippen molar-refractivity contribution in [1.29, 1.82) is 0 Å². The third-order valence-corrected chi connectivity index (χ3v) is 7.89. The lowest BCUT2D eigenvalue weighted by Crippen LogP contribution is -2.33. The minimum absolute atomic E-state index is 0.0236. The molecule has 210 valence electrons. The second-order valence-electron chi connectivity index (χ2n) is 10.4. The molecule has 41 heavy (non-hydrogen) atoms. The van der Waals surface area contributed by atoms with Crippen LogP contribution >= 0.6 is 0 Å². The van der Waals surface area contributed by atoms with Gasteiger partial charge in [0.15, 0.2) is 11.5 Å². The van der Waals surface area contributed by atoms with Gasteiger partial charge in [-0.2, -0.15) is 0 Å². The molecule has 3 aliphatic heterocycles. The topological polar surface area (TPSA) is 193 Å². The van der Waals surface area contributed by atoms with Gasteiger partial charge in [-0.15, -0.1) is 0 Å². The Morgan fingerprint density at radius 1 is 0.683 bits per heavy atom. The summed E-state index contributed by atoms with van der Waals surface area (Å²) in [6, 6.07) is 13.6. The summed E-state index contributed by atoms with van der Waals surface area (Å²) in [6.45, 7) is 0. The first-order chi connectivity index (χ1) is 19.6. The Hall–Kier alpha value is -5.00. The molecule has 3 aliphatic rings. The molecule has 4 aromatic rings. The fourth-order valence-corrected chi connectivity index (χ4v) is 5.96. The van der Waals surface area contributed by atoms with Crippen molar-refractivity contribution in [3.05, 3.63) is 88.5 Å². The van der Waals surface area contributed by atoms with Gasteiger partial charge in [0.05, 0.1) is 12.0 Å². The Labute approximate surface area is 231 Å². The number of epoxide rings is 1. The maximum Gasteiger partial charge on any atom is 0.265 e. The van der Waals surface area contributed by atoms with E-state index in [0.29, 0.717) is 11.1 Å². The molecule has 11 nitrogen and oxygen atoms in total. The molecule has 0 aromatic heterocycles. The number of phenolic OH excluding ortho intramolecular Hbond substituents is 7. The molecule has 0 unspecified atom stereocenters. The SMILES string of the molecule is Oc1ccc([C@H]2Oc3c(c(O)cc(O)c3[C@H]3c4c(O)cc(O)cc4O[C@]4(c5ccc(O)c(O)c5)O[C@H]34)C[C@H]2O)cc1. The minimum atomic E-state index is -1.54. The summed E-state index contributed by atoms with van der Waals surface area (Å²) in [5.41, 5.74) is 1.38. The van der Waals surface area contributed by atoms with Crippen molar-refractivity contribution in [3.63, 3.8) is 0 Å². The summed E-state index contributed by atoms with van der Waals surface area (Å²) >= 11 is 0. The number of benzene rings is 4. The highest BCUT2D eigenvalue weighted by Gasteiger charge is 2.69. The van der Waals surface area contributed by atoms with Gasteiger partial charge < -0.3 is 55.1 Å². The Balaban J connectivity index is 1.42. The van der Waals surface area contributed by atoms with Crippen LogP contribution in [0.5, 0.6) is 51.7 Å². The van der Waals surface area contributed by atoms with Crippen LogP contribution in [0.25, 0.3) is 0 Å². The van der Waals surface area contributed by atoms with E-state index < -0.39 is 35.8 Å². The normalized spacial score (nSPS) is 25.7. The Kier molecular flexibility index (Phi) is 5.18. The average Bonchev–Trinajstić information content (AvgIpc) is 3.65. The second kappa shape index (κ2) is 8.50. The van der Waals surface area contributed by atoms with Gasteiger partial charge in [0.1, 0.15) is 52.5 Å². The van der Waals surface area contributed by atoms with Crippen LogP contribution in [-0.2, 0) is 16.9 Å². The van der Waals surface area contributed by atoms with Gasteiger partial charge in [-0.1, -0.05) is 12.1 Å². The highest BCUT2D eigenvalue weighted by Crippen LogP contribution is 2.65. The van der Waals surface area contributed by atoms with Crippen molar-refractivity contribution in [2.24, 2.45) is 0 Å². The molecule has 7 rings (SSSR count). The highest BCUT2D eigenvalue weighted by molar-refractivity contribution is 5.67. The number of aliphatic hydroxyl groups is 1. The van der Waals surface area contributed by atoms with E-state index in [9.17, 15) is 40.9 Å². The van der Waals surface area contributed by atoms with Crippen molar-refractivity contribution < 1.29 is 55.1 Å². The van der Waals surface area contributed by atoms with E-state index in [1.807, 2.05) is 0 Å². The monoisotopic (exact) mass is 560 g/mol. The van der Waals surface area contributed by atoms with E-state index >= 15 is 0 Å². The van der Waals surface area contributed by atoms with Gasteiger partial charge >= 0.3 is 0 Å². The molecule has 0 saturated carbocycles. The number of hydrogen-bond donors (Lipinski definition) is 8. The number of aromatic hydroxyl groups is 7. The first-order valence-corrected chi connectivity index (χ1v) is 12.7. The predicted octanol–water partition coefficient (Wildman–Crippen LogP) is 3.44. The number of rotatable bonds is 3. The second-order valence-corrected chi connectivity index (χ2v) is 10.4. The van der Waals surface area contributed by atoms with Crippen LogP contribution < -0.4 is 9.47 Å². The summed E-state index contributed by atoms with van der Waals surface area (Å²) in [7, 11) is 0. The van der Waals surface area contributed by atoms with Crippen LogP contribution in [0, 0.1) is 0 Å². The zero-order valence-corrected chi connectivity index (χ0v) is 21.1. The quantitative estimate of drug-likeness (QED) is 0.135. The smallest absolute Gasteiger partial charge is 0.265 e. The Bertz CT molecular complexity index is 1720. The summed E-state index contributed by atoms with van der Waals surface area (Å²) in [4.78, 5) is 0. The van der Waals surface area contributed by atoms with Crippen molar-refractivity contribution in [2.45, 2.75) is 36.4 Å². The predicted molar refractivity (Wildman–Crippen MR) is 140 cm³/mol. The number of ether oxygens (including phenoxy) is 3. The molecule has 1 saturated heterocycles. The van der Waals surface area contributed by atoms with E-state index in [2.05, 4.69) is 0 Å². The number of hydrogen-bond acceptors (Lipinski definition) is 11. The summed E-state index contributed by atoms with van der Waals surface area (Å²) < 4.78 is 18.5. The fourth-order valence-electron chi connectivity index (χ4n) is 5.96. The van der Waals surface area contributed by atoms with Gasteiger partial charge in [-0.05, 0) is 35.9 Å². The van der Waals surface area contributed by atoms with Crippen LogP contribution in [0.3, 0.4) is 0 Å². The Morgan fingerprint density at radius 2 is 1.41 bits per heavy atom. The van der Waals surface area contributed by atoms with Crippen LogP contribution in [0.4, 0.5) is 0 Å². The molecule has 0 amide bonds. The van der Waals surface area contributed by atoms with Crippen LogP contribution in [0.15, 0.2) is 60.7 Å². The van der Waals surface area contributed by atoms with E-state index in [-0.39, 0.29) is 69.1 Å².